The molecule has 0 bridgehead atoms. The third-order valence-corrected chi connectivity index (χ3v) is 7.44. The van der Waals surface area contributed by atoms with Gasteiger partial charge in [-0.25, -0.2) is 15.0 Å². The van der Waals surface area contributed by atoms with Gasteiger partial charge in [0.2, 0.25) is 0 Å². The molecule has 13 heteroatoms. The predicted octanol–water partition coefficient (Wildman–Crippen LogP) is 6.20. The molecule has 0 saturated heterocycles. The van der Waals surface area contributed by atoms with Crippen molar-refractivity contribution >= 4 is 40.1 Å². The van der Waals surface area contributed by atoms with Crippen LogP contribution in [0.5, 0.6) is 5.75 Å². The van der Waals surface area contributed by atoms with Gasteiger partial charge >= 0.3 is 0 Å². The third kappa shape index (κ3) is 7.64. The minimum absolute atomic E-state index is 0. The first-order valence-corrected chi connectivity index (χ1v) is 15.3. The summed E-state index contributed by atoms with van der Waals surface area (Å²) in [6.07, 6.45) is 0. The van der Waals surface area contributed by atoms with E-state index in [1.807, 2.05) is 31.9 Å². The first-order valence-electron chi connectivity index (χ1n) is 15.3. The summed E-state index contributed by atoms with van der Waals surface area (Å²) in [6.45, 7) is 3.94. The van der Waals surface area contributed by atoms with Gasteiger partial charge in [-0.1, -0.05) is 12.1 Å². The van der Waals surface area contributed by atoms with Crippen molar-refractivity contribution < 1.29 is 28.3 Å². The maximum Gasteiger partial charge on any atom is 0.182 e. The van der Waals surface area contributed by atoms with E-state index in [0.29, 0.717) is 62.1 Å². The topological polar surface area (TPSA) is 187 Å². The van der Waals surface area contributed by atoms with Crippen LogP contribution in [0.3, 0.4) is 0 Å². The van der Waals surface area contributed by atoms with Crippen molar-refractivity contribution in [2.45, 2.75) is 13.5 Å². The number of rotatable bonds is 1. The molecule has 6 aliphatic rings. The molecule has 266 valence electrons. The van der Waals surface area contributed by atoms with E-state index in [-0.39, 0.29) is 28.6 Å². The van der Waals surface area contributed by atoms with Crippen molar-refractivity contribution in [1.82, 2.24) is 15.0 Å². The SMILES string of the molecule is C=O.Cc1ccc2nc3ccc(=O)cc-3oc2c1.O=c1ccc2nc3ccc(CO)cc3oc-2c1.O=c1ccc2nc3ccc(O)cc3oc-2c1.[No]. The molecule has 0 aromatic heterocycles. The van der Waals surface area contributed by atoms with Gasteiger partial charge in [-0.3, -0.25) is 14.4 Å². The fourth-order valence-corrected chi connectivity index (χ4v) is 5.05. The van der Waals surface area contributed by atoms with Crippen LogP contribution in [-0.2, 0) is 11.4 Å². The van der Waals surface area contributed by atoms with E-state index in [9.17, 15) is 19.5 Å². The van der Waals surface area contributed by atoms with Crippen molar-refractivity contribution in [2.24, 2.45) is 0 Å². The number of nitrogens with zero attached hydrogens (tertiary/aromatic N) is 3. The Balaban J connectivity index is 0.000000146. The molecule has 12 nitrogen and oxygen atoms in total. The van der Waals surface area contributed by atoms with Crippen molar-refractivity contribution in [2.75, 3.05) is 0 Å². The summed E-state index contributed by atoms with van der Waals surface area (Å²) < 4.78 is 16.7. The van der Waals surface area contributed by atoms with Crippen LogP contribution in [0.25, 0.3) is 67.7 Å². The van der Waals surface area contributed by atoms with E-state index >= 15 is 0 Å². The second-order valence-corrected chi connectivity index (χ2v) is 11.1. The number of carbonyl (C=O) groups excluding carboxylic acids is 1. The third-order valence-electron chi connectivity index (χ3n) is 7.44. The van der Waals surface area contributed by atoms with E-state index in [1.54, 1.807) is 48.5 Å². The maximum absolute atomic E-state index is 11.2. The number of aryl methyl sites for hydroxylation is 1. The number of hydrogen-bond acceptors (Lipinski definition) is 12. The number of phenolic OH excluding ortho intramolecular Hbond substituents is 1. The van der Waals surface area contributed by atoms with Gasteiger partial charge in [-0.15, -0.1) is 0 Å². The number of aromatic hydroxyl groups is 1. The fourth-order valence-electron chi connectivity index (χ4n) is 5.05. The van der Waals surface area contributed by atoms with Gasteiger partial charge in [0.15, 0.2) is 50.3 Å². The van der Waals surface area contributed by atoms with E-state index in [1.165, 1.54) is 42.5 Å². The van der Waals surface area contributed by atoms with Crippen LogP contribution in [0.15, 0.2) is 137 Å². The number of phenols is 1. The molecule has 0 unspecified atom stereocenters. The van der Waals surface area contributed by atoms with Gasteiger partial charge in [-0.2, -0.15) is 0 Å². The van der Waals surface area contributed by atoms with Crippen LogP contribution in [-0.4, -0.2) is 32.0 Å². The molecule has 3 heterocycles. The van der Waals surface area contributed by atoms with Crippen molar-refractivity contribution in [3.8, 4) is 40.1 Å². The predicted molar refractivity (Wildman–Crippen MR) is 190 cm³/mol. The summed E-state index contributed by atoms with van der Waals surface area (Å²) in [7, 11) is 0. The smallest absolute Gasteiger partial charge is 0.182 e. The largest absolute Gasteiger partial charge is 0.508 e. The molecule has 9 rings (SSSR count). The quantitative estimate of drug-likeness (QED) is 0.178. The summed E-state index contributed by atoms with van der Waals surface area (Å²) in [6, 6.07) is 29.4. The van der Waals surface area contributed by atoms with Crippen LogP contribution in [0.2, 0.25) is 0 Å². The van der Waals surface area contributed by atoms with Gasteiger partial charge in [-0.05, 0) is 90.8 Å². The molecule has 3 aromatic rings. The van der Waals surface area contributed by atoms with E-state index < -0.39 is 0 Å². The van der Waals surface area contributed by atoms with E-state index in [0.717, 1.165) is 16.6 Å². The van der Waals surface area contributed by atoms with Crippen LogP contribution >= 0.6 is 0 Å². The molecular weight excluding hydrogens is 913 g/mol. The summed E-state index contributed by atoms with van der Waals surface area (Å²) in [5.41, 5.74) is 7.40. The molecule has 0 amide bonds. The normalized spacial score (nSPS) is 10.5. The minimum Gasteiger partial charge on any atom is -0.508 e. The Morgan fingerprint density at radius 3 is 1.40 bits per heavy atom. The van der Waals surface area contributed by atoms with Crippen LogP contribution in [0, 0.1) is 6.92 Å². The number of benzene rings is 6. The second-order valence-electron chi connectivity index (χ2n) is 11.1. The Morgan fingerprint density at radius 1 is 0.538 bits per heavy atom. The number of fused-ring (bicyclic) bond motifs is 6. The maximum atomic E-state index is 11.2. The molecule has 0 saturated carbocycles. The standard InChI is InChI=1S/C13H9NO3.C13H9NO2.C12H7NO3.CH2O.No/c15-7-8-1-3-10-12(5-8)17-13-6-9(16)2-4-11(13)14-10;1-8-2-4-10-12(6-8)16-13-7-9(15)3-5-11(13)14-10;14-7-1-3-9-11(5-7)16-12-6-8(15)2-4-10(12)13-9;1-2;/h1-6,15H,7H2;2-7H,1H3;1-6,14H;1H2;. The zero-order chi connectivity index (χ0) is 36.1. The van der Waals surface area contributed by atoms with Gasteiger partial charge in [0.1, 0.15) is 46.2 Å². The molecule has 3 aliphatic carbocycles. The van der Waals surface area contributed by atoms with Crippen LogP contribution in [0.4, 0.5) is 0 Å². The van der Waals surface area contributed by atoms with Crippen LogP contribution < -0.4 is 16.3 Å². The zero-order valence-electron chi connectivity index (χ0n) is 27.2. The summed E-state index contributed by atoms with van der Waals surface area (Å²) >= 11 is 0. The monoisotopic (exact) mass is 940 g/mol. The molecular formula is C39H27N3NoO9. The number of aliphatic hydroxyl groups is 1. The summed E-state index contributed by atoms with van der Waals surface area (Å²) in [4.78, 5) is 54.7. The summed E-state index contributed by atoms with van der Waals surface area (Å²) in [5.74, 6) is 1.52. The van der Waals surface area contributed by atoms with E-state index in [2.05, 4.69) is 15.0 Å². The molecule has 2 N–H and O–H groups in total. The average molecular weight is 941 g/mol. The fraction of sp³-hybridized carbons (Fsp3) is 0.0513. The van der Waals surface area contributed by atoms with Gasteiger partial charge < -0.3 is 28.3 Å². The Morgan fingerprint density at radius 2 is 0.942 bits per heavy atom. The average Bonchev–Trinajstić information content (AvgIpc) is 3.13. The number of aliphatic hydroxyl groups excluding tert-OH is 1. The molecule has 0 radical (unpaired) electrons. The molecule has 0 fully saturated rings. The van der Waals surface area contributed by atoms with Crippen LogP contribution in [0.1, 0.15) is 11.1 Å². The Hall–Kier alpha value is -8.05. The molecule has 0 atom stereocenters. The minimum atomic E-state index is -0.127. The van der Waals surface area contributed by atoms with Crippen molar-refractivity contribution in [1.29, 1.82) is 0 Å². The van der Waals surface area contributed by atoms with Gasteiger partial charge in [0.05, 0.1) is 6.61 Å². The first kappa shape index (κ1) is 35.3. The van der Waals surface area contributed by atoms with Crippen molar-refractivity contribution in [3.05, 3.63) is 151 Å². The molecule has 52 heavy (non-hydrogen) atoms. The first-order chi connectivity index (χ1) is 24.7. The second kappa shape index (κ2) is 15.0. The van der Waals surface area contributed by atoms with E-state index in [4.69, 9.17) is 23.2 Å². The Labute approximate surface area is 287 Å². The molecule has 3 aliphatic heterocycles. The molecule has 0 spiro atoms. The summed E-state index contributed by atoms with van der Waals surface area (Å²) in [5, 5.41) is 18.3. The molecule has 3 aromatic carbocycles. The van der Waals surface area contributed by atoms with Crippen molar-refractivity contribution in [3.63, 3.8) is 0 Å². The van der Waals surface area contributed by atoms with Gasteiger partial charge in [0.25, 0.3) is 0 Å². The zero-order valence-corrected chi connectivity index (χ0v) is 29.4. The number of aromatic nitrogens is 3. The van der Waals surface area contributed by atoms with Gasteiger partial charge in [0, 0.05) is 24.3 Å². The number of hydrogen-bond donors (Lipinski definition) is 2. The Bertz CT molecular complexity index is 2620. The Kier molecular flexibility index (Phi) is 10.2. The number of carbonyl (C=O) groups is 1.